The maximum atomic E-state index is 14.0. The number of carbonyl (C=O) groups excluding carboxylic acids is 1. The Hall–Kier alpha value is -4.29. The predicted octanol–water partition coefficient (Wildman–Crippen LogP) is 7.07. The van der Waals surface area contributed by atoms with Gasteiger partial charge in [-0.1, -0.05) is 54.1 Å². The molecule has 0 unspecified atom stereocenters. The van der Waals surface area contributed by atoms with Crippen molar-refractivity contribution in [2.45, 2.75) is 26.4 Å². The normalized spacial score (nSPS) is 14.6. The lowest BCUT2D eigenvalue weighted by atomic mass is 10.0. The Morgan fingerprint density at radius 3 is 2.54 bits per heavy atom. The topological polar surface area (TPSA) is 55.1 Å². The van der Waals surface area contributed by atoms with E-state index in [9.17, 15) is 4.79 Å². The number of amides is 2. The molecule has 0 saturated heterocycles. The average molecular weight is 508 g/mol. The summed E-state index contributed by atoms with van der Waals surface area (Å²) in [6, 6.07) is 29.2. The monoisotopic (exact) mass is 507 g/mol. The van der Waals surface area contributed by atoms with Gasteiger partial charge in [0, 0.05) is 22.5 Å². The Bertz CT molecular complexity index is 1600. The van der Waals surface area contributed by atoms with Gasteiger partial charge in [-0.3, -0.25) is 0 Å². The fraction of sp³-hybridized carbons (Fsp3) is 0.133. The smallest absolute Gasteiger partial charge is 0.308 e. The summed E-state index contributed by atoms with van der Waals surface area (Å²) >= 11 is 6.44. The minimum atomic E-state index is -0.366. The fourth-order valence-electron chi connectivity index (χ4n) is 5.09. The van der Waals surface area contributed by atoms with Crippen LogP contribution in [0.1, 0.15) is 34.1 Å². The Balaban J connectivity index is 1.54. The highest BCUT2D eigenvalue weighted by molar-refractivity contribution is 6.30. The summed E-state index contributed by atoms with van der Waals surface area (Å²) < 4.78 is 4.11. The lowest BCUT2D eigenvalue weighted by Crippen LogP contribution is -2.38. The van der Waals surface area contributed by atoms with Gasteiger partial charge in [-0.2, -0.15) is 5.10 Å². The van der Waals surface area contributed by atoms with E-state index in [4.69, 9.17) is 16.7 Å². The number of carbonyl (C=O) groups is 1. The average Bonchev–Trinajstić information content (AvgIpc) is 3.45. The van der Waals surface area contributed by atoms with Gasteiger partial charge < -0.3 is 14.8 Å². The van der Waals surface area contributed by atoms with Crippen LogP contribution in [0.2, 0.25) is 5.02 Å². The third-order valence-electron chi connectivity index (χ3n) is 6.78. The molecule has 0 saturated carbocycles. The van der Waals surface area contributed by atoms with Crippen molar-refractivity contribution in [1.29, 1.82) is 0 Å². The quantitative estimate of drug-likeness (QED) is 0.284. The SMILES string of the molecule is Cc1cccc(NC(=O)N2Cc3c(C)nn(-c4ccccc4)c3-n3cccc3[C@H]2c2cccc(Cl)c2)c1. The molecule has 1 aliphatic heterocycles. The first-order valence-electron chi connectivity index (χ1n) is 12.2. The van der Waals surface area contributed by atoms with Gasteiger partial charge in [-0.15, -0.1) is 0 Å². The number of benzene rings is 3. The molecule has 6 nitrogen and oxygen atoms in total. The van der Waals surface area contributed by atoms with Gasteiger partial charge >= 0.3 is 6.03 Å². The third-order valence-corrected chi connectivity index (χ3v) is 7.02. The zero-order valence-electron chi connectivity index (χ0n) is 20.6. The van der Waals surface area contributed by atoms with Crippen LogP contribution in [-0.4, -0.2) is 25.3 Å². The van der Waals surface area contributed by atoms with E-state index in [1.54, 1.807) is 0 Å². The zero-order valence-corrected chi connectivity index (χ0v) is 21.4. The molecule has 184 valence electrons. The number of hydrogen-bond donors (Lipinski definition) is 1. The maximum absolute atomic E-state index is 14.0. The van der Waals surface area contributed by atoms with Crippen molar-refractivity contribution in [2.75, 3.05) is 5.32 Å². The summed E-state index contributed by atoms with van der Waals surface area (Å²) in [4.78, 5) is 15.8. The molecule has 0 radical (unpaired) electrons. The lowest BCUT2D eigenvalue weighted by Gasteiger charge is -2.31. The number of fused-ring (bicyclic) bond motifs is 3. The first kappa shape index (κ1) is 23.1. The standard InChI is InChI=1S/C30H26ClN5O/c1-20-9-6-12-24(17-20)32-30(37)35-19-26-21(2)33-36(25-13-4-3-5-14-25)29(26)34-16-8-15-27(34)28(35)22-10-7-11-23(31)18-22/h3-18,28H,19H2,1-2H3,(H,32,37)/t28-/m1/s1. The molecule has 0 bridgehead atoms. The first-order chi connectivity index (χ1) is 18.0. The van der Waals surface area contributed by atoms with Gasteiger partial charge in [0.1, 0.15) is 5.82 Å². The molecule has 1 atom stereocenters. The summed E-state index contributed by atoms with van der Waals surface area (Å²) in [5.74, 6) is 0.932. The number of halogens is 1. The molecule has 0 spiro atoms. The van der Waals surface area contributed by atoms with E-state index in [0.717, 1.165) is 45.3 Å². The van der Waals surface area contributed by atoms with Gasteiger partial charge in [-0.25, -0.2) is 9.48 Å². The molecular formula is C30H26ClN5O. The van der Waals surface area contributed by atoms with Gasteiger partial charge in [0.15, 0.2) is 0 Å². The van der Waals surface area contributed by atoms with Crippen LogP contribution in [0, 0.1) is 13.8 Å². The van der Waals surface area contributed by atoms with Crippen molar-refractivity contribution < 1.29 is 4.79 Å². The van der Waals surface area contributed by atoms with Crippen molar-refractivity contribution in [3.8, 4) is 11.5 Å². The molecule has 7 heteroatoms. The molecule has 6 rings (SSSR count). The zero-order chi connectivity index (χ0) is 25.5. The van der Waals surface area contributed by atoms with Gasteiger partial charge in [0.05, 0.1) is 29.7 Å². The molecule has 2 amide bonds. The molecule has 3 aromatic carbocycles. The number of nitrogens with zero attached hydrogens (tertiary/aromatic N) is 4. The molecule has 2 aromatic heterocycles. The van der Waals surface area contributed by atoms with Crippen LogP contribution in [0.5, 0.6) is 0 Å². The number of urea groups is 1. The van der Waals surface area contributed by atoms with E-state index in [1.807, 2.05) is 115 Å². The van der Waals surface area contributed by atoms with Crippen molar-refractivity contribution >= 4 is 23.3 Å². The Morgan fingerprint density at radius 2 is 1.76 bits per heavy atom. The highest BCUT2D eigenvalue weighted by Gasteiger charge is 2.36. The van der Waals surface area contributed by atoms with E-state index in [1.165, 1.54) is 0 Å². The third kappa shape index (κ3) is 4.19. The van der Waals surface area contributed by atoms with Crippen molar-refractivity contribution in [3.05, 3.63) is 130 Å². The highest BCUT2D eigenvalue weighted by atomic mass is 35.5. The Labute approximate surface area is 220 Å². The number of aromatic nitrogens is 3. The van der Waals surface area contributed by atoms with Crippen LogP contribution in [0.4, 0.5) is 10.5 Å². The molecule has 1 N–H and O–H groups in total. The van der Waals surface area contributed by atoms with Crippen molar-refractivity contribution in [3.63, 3.8) is 0 Å². The van der Waals surface area contributed by atoms with Crippen molar-refractivity contribution in [2.24, 2.45) is 0 Å². The minimum Gasteiger partial charge on any atom is -0.308 e. The number of nitrogens with one attached hydrogen (secondary N) is 1. The number of anilines is 1. The number of hydrogen-bond acceptors (Lipinski definition) is 2. The maximum Gasteiger partial charge on any atom is 0.322 e. The number of para-hydroxylation sites is 1. The summed E-state index contributed by atoms with van der Waals surface area (Å²) in [5, 5.41) is 8.65. The van der Waals surface area contributed by atoms with Crippen LogP contribution in [0.3, 0.4) is 0 Å². The molecule has 1 aliphatic rings. The molecule has 5 aromatic rings. The summed E-state index contributed by atoms with van der Waals surface area (Å²) in [6.07, 6.45) is 2.04. The van der Waals surface area contributed by atoms with E-state index < -0.39 is 0 Å². The Morgan fingerprint density at radius 1 is 0.946 bits per heavy atom. The van der Waals surface area contributed by atoms with E-state index in [-0.39, 0.29) is 12.1 Å². The van der Waals surface area contributed by atoms with Crippen LogP contribution in [0.25, 0.3) is 11.5 Å². The van der Waals surface area contributed by atoms with Crippen LogP contribution < -0.4 is 5.32 Å². The van der Waals surface area contributed by atoms with E-state index >= 15 is 0 Å². The molecule has 0 aliphatic carbocycles. The first-order valence-corrected chi connectivity index (χ1v) is 12.6. The van der Waals surface area contributed by atoms with Crippen LogP contribution in [-0.2, 0) is 6.54 Å². The van der Waals surface area contributed by atoms with Gasteiger partial charge in [-0.05, 0) is 73.5 Å². The minimum absolute atomic E-state index is 0.192. The summed E-state index contributed by atoms with van der Waals surface area (Å²) in [6.45, 7) is 4.39. The second-order valence-electron chi connectivity index (χ2n) is 9.32. The van der Waals surface area contributed by atoms with E-state index in [0.29, 0.717) is 11.6 Å². The molecule has 0 fully saturated rings. The van der Waals surface area contributed by atoms with Crippen LogP contribution in [0.15, 0.2) is 97.2 Å². The van der Waals surface area contributed by atoms with Crippen LogP contribution >= 0.6 is 11.6 Å². The van der Waals surface area contributed by atoms with Gasteiger partial charge in [0.25, 0.3) is 0 Å². The molecular weight excluding hydrogens is 482 g/mol. The predicted molar refractivity (Wildman–Crippen MR) is 147 cm³/mol. The highest BCUT2D eigenvalue weighted by Crippen LogP contribution is 2.39. The largest absolute Gasteiger partial charge is 0.322 e. The second kappa shape index (κ2) is 9.30. The molecule has 37 heavy (non-hydrogen) atoms. The second-order valence-corrected chi connectivity index (χ2v) is 9.76. The number of rotatable bonds is 3. The van der Waals surface area contributed by atoms with Gasteiger partial charge in [0.2, 0.25) is 0 Å². The number of aryl methyl sites for hydroxylation is 2. The van der Waals surface area contributed by atoms with E-state index in [2.05, 4.69) is 16.0 Å². The fourth-order valence-corrected chi connectivity index (χ4v) is 5.29. The summed E-state index contributed by atoms with van der Waals surface area (Å²) in [7, 11) is 0. The Kier molecular flexibility index (Phi) is 5.81. The lowest BCUT2D eigenvalue weighted by molar-refractivity contribution is 0.194. The molecule has 3 heterocycles. The van der Waals surface area contributed by atoms with Crippen molar-refractivity contribution in [1.82, 2.24) is 19.2 Å². The summed E-state index contributed by atoms with van der Waals surface area (Å²) in [5.41, 5.74) is 6.56.